The summed E-state index contributed by atoms with van der Waals surface area (Å²) in [6, 6.07) is 5.11. The molecule has 0 amide bonds. The van der Waals surface area contributed by atoms with Crippen LogP contribution in [0.5, 0.6) is 0 Å². The summed E-state index contributed by atoms with van der Waals surface area (Å²) in [5.74, 6) is -0.116. The van der Waals surface area contributed by atoms with Crippen molar-refractivity contribution in [1.82, 2.24) is 19.9 Å². The summed E-state index contributed by atoms with van der Waals surface area (Å²) in [5, 5.41) is 5.98. The molecule has 33 heavy (non-hydrogen) atoms. The van der Waals surface area contributed by atoms with E-state index in [1.165, 1.54) is 6.07 Å². The predicted octanol–water partition coefficient (Wildman–Crippen LogP) is 2.47. The second-order valence-electron chi connectivity index (χ2n) is 7.53. The molecule has 2 aliphatic heterocycles. The Labute approximate surface area is 188 Å². The van der Waals surface area contributed by atoms with Crippen LogP contribution in [-0.4, -0.2) is 78.7 Å². The first-order chi connectivity index (χ1) is 15.9. The van der Waals surface area contributed by atoms with Crippen LogP contribution in [0.15, 0.2) is 35.6 Å². The van der Waals surface area contributed by atoms with Gasteiger partial charge in [-0.15, -0.1) is 0 Å². The molecule has 9 nitrogen and oxygen atoms in total. The second kappa shape index (κ2) is 10.2. The number of halogens is 4. The molecule has 0 radical (unpaired) electrons. The molecule has 0 unspecified atom stereocenters. The van der Waals surface area contributed by atoms with Crippen molar-refractivity contribution in [1.29, 1.82) is 0 Å². The summed E-state index contributed by atoms with van der Waals surface area (Å²) in [6.07, 6.45) is -1.67. The summed E-state index contributed by atoms with van der Waals surface area (Å²) >= 11 is 0. The van der Waals surface area contributed by atoms with Crippen molar-refractivity contribution in [3.8, 4) is 0 Å². The fourth-order valence-corrected chi connectivity index (χ4v) is 3.47. The van der Waals surface area contributed by atoms with Gasteiger partial charge in [0.05, 0.1) is 25.0 Å². The maximum Gasteiger partial charge on any atom is 0.416 e. The van der Waals surface area contributed by atoms with Crippen LogP contribution in [0.4, 0.5) is 35.0 Å². The van der Waals surface area contributed by atoms with Gasteiger partial charge in [0.25, 0.3) is 0 Å². The molecule has 0 spiro atoms. The van der Waals surface area contributed by atoms with E-state index in [9.17, 15) is 17.6 Å². The molecule has 0 bridgehead atoms. The number of rotatable bonds is 6. The highest BCUT2D eigenvalue weighted by Crippen LogP contribution is 2.30. The monoisotopic (exact) mass is 468 g/mol. The Bertz CT molecular complexity index is 959. The Morgan fingerprint density at radius 1 is 1.06 bits per heavy atom. The Kier molecular flexibility index (Phi) is 7.08. The molecule has 0 saturated carbocycles. The van der Waals surface area contributed by atoms with Gasteiger partial charge < -0.3 is 20.0 Å². The molecular weight excluding hydrogens is 444 g/mol. The standard InChI is InChI=1S/C20H24F4N8O/c21-17-13-25-19(27-18(17)31-8-10-33-11-9-31)28-26-14-30-4-6-32(7-5-30)29-16-3-1-2-15(12-16)20(22,23)24/h1-3,12-14,29H,4-11H2,(H,25,27,28). The van der Waals surface area contributed by atoms with Crippen molar-refractivity contribution in [2.75, 3.05) is 68.2 Å². The van der Waals surface area contributed by atoms with Gasteiger partial charge in [0.1, 0.15) is 6.34 Å². The van der Waals surface area contributed by atoms with Crippen LogP contribution in [0.25, 0.3) is 0 Å². The largest absolute Gasteiger partial charge is 0.416 e. The summed E-state index contributed by atoms with van der Waals surface area (Å²) in [5.41, 5.74) is 5.43. The molecular formula is C20H24F4N8O. The number of hydrogen-bond donors (Lipinski definition) is 2. The molecule has 2 aliphatic rings. The fourth-order valence-electron chi connectivity index (χ4n) is 3.47. The maximum atomic E-state index is 14.1. The summed E-state index contributed by atoms with van der Waals surface area (Å²) in [6.45, 7) is 4.51. The van der Waals surface area contributed by atoms with Gasteiger partial charge in [-0.3, -0.25) is 0 Å². The first-order valence-corrected chi connectivity index (χ1v) is 10.5. The number of nitrogens with zero attached hydrogens (tertiary/aromatic N) is 6. The summed E-state index contributed by atoms with van der Waals surface area (Å²) in [4.78, 5) is 11.9. The van der Waals surface area contributed by atoms with Crippen LogP contribution in [0, 0.1) is 5.82 Å². The fraction of sp³-hybridized carbons (Fsp3) is 0.450. The Morgan fingerprint density at radius 2 is 1.82 bits per heavy atom. The van der Waals surface area contributed by atoms with Gasteiger partial charge in [-0.05, 0) is 18.2 Å². The number of aromatic nitrogens is 2. The SMILES string of the molecule is Fc1cnc(NN=CN2CCN(Nc3cccc(C(F)(F)F)c3)CC2)nc1N1CCOCC1. The highest BCUT2D eigenvalue weighted by Gasteiger charge is 2.30. The van der Waals surface area contributed by atoms with E-state index < -0.39 is 17.6 Å². The minimum atomic E-state index is -4.38. The molecule has 13 heteroatoms. The number of ether oxygens (including phenoxy) is 1. The number of anilines is 3. The van der Waals surface area contributed by atoms with Gasteiger partial charge in [0.2, 0.25) is 5.95 Å². The zero-order chi connectivity index (χ0) is 23.3. The Hall–Kier alpha value is -3.19. The van der Waals surface area contributed by atoms with Crippen LogP contribution in [-0.2, 0) is 10.9 Å². The van der Waals surface area contributed by atoms with E-state index in [0.717, 1.165) is 18.3 Å². The van der Waals surface area contributed by atoms with E-state index in [4.69, 9.17) is 4.74 Å². The third kappa shape index (κ3) is 6.20. The van der Waals surface area contributed by atoms with Crippen LogP contribution >= 0.6 is 0 Å². The third-order valence-corrected chi connectivity index (χ3v) is 5.21. The zero-order valence-corrected chi connectivity index (χ0v) is 17.7. The van der Waals surface area contributed by atoms with E-state index in [0.29, 0.717) is 58.2 Å². The zero-order valence-electron chi connectivity index (χ0n) is 17.7. The molecule has 178 valence electrons. The van der Waals surface area contributed by atoms with Gasteiger partial charge in [-0.1, -0.05) is 6.07 Å². The van der Waals surface area contributed by atoms with Gasteiger partial charge in [0, 0.05) is 45.0 Å². The number of morpholine rings is 1. The molecule has 4 rings (SSSR count). The van der Waals surface area contributed by atoms with Crippen LogP contribution < -0.4 is 15.8 Å². The van der Waals surface area contributed by atoms with Crippen molar-refractivity contribution < 1.29 is 22.3 Å². The lowest BCUT2D eigenvalue weighted by Crippen LogP contribution is -2.48. The number of hydrazone groups is 1. The lowest BCUT2D eigenvalue weighted by Gasteiger charge is -2.34. The molecule has 2 fully saturated rings. The van der Waals surface area contributed by atoms with Crippen molar-refractivity contribution in [2.45, 2.75) is 6.18 Å². The quantitative estimate of drug-likeness (QED) is 0.290. The second-order valence-corrected chi connectivity index (χ2v) is 7.53. The number of benzene rings is 1. The van der Waals surface area contributed by atoms with Crippen LogP contribution in [0.3, 0.4) is 0 Å². The van der Waals surface area contributed by atoms with Crippen LogP contribution in [0.1, 0.15) is 5.56 Å². The van der Waals surface area contributed by atoms with Crippen molar-refractivity contribution in [3.05, 3.63) is 41.8 Å². The molecule has 1 aromatic heterocycles. The van der Waals surface area contributed by atoms with E-state index in [1.807, 2.05) is 9.91 Å². The van der Waals surface area contributed by atoms with Gasteiger partial charge in [-0.25, -0.2) is 19.8 Å². The average Bonchev–Trinajstić information content (AvgIpc) is 2.81. The number of hydrogen-bond acceptors (Lipinski definition) is 8. The topological polar surface area (TPSA) is 81.2 Å². The predicted molar refractivity (Wildman–Crippen MR) is 115 cm³/mol. The van der Waals surface area contributed by atoms with Crippen molar-refractivity contribution in [2.24, 2.45) is 5.10 Å². The van der Waals surface area contributed by atoms with Crippen LogP contribution in [0.2, 0.25) is 0 Å². The van der Waals surface area contributed by atoms with Crippen molar-refractivity contribution in [3.63, 3.8) is 0 Å². The number of hydrazine groups is 1. The normalized spacial score (nSPS) is 18.1. The number of piperazine rings is 1. The molecule has 3 heterocycles. The van der Waals surface area contributed by atoms with Gasteiger partial charge in [0.15, 0.2) is 11.6 Å². The van der Waals surface area contributed by atoms with E-state index >= 15 is 0 Å². The molecule has 2 aromatic rings. The number of alkyl halides is 3. The van der Waals surface area contributed by atoms with Gasteiger partial charge in [-0.2, -0.15) is 23.3 Å². The first kappa shape index (κ1) is 23.0. The lowest BCUT2D eigenvalue weighted by atomic mass is 10.2. The lowest BCUT2D eigenvalue weighted by molar-refractivity contribution is -0.137. The minimum absolute atomic E-state index is 0.180. The van der Waals surface area contributed by atoms with E-state index in [1.54, 1.807) is 17.3 Å². The smallest absolute Gasteiger partial charge is 0.378 e. The average molecular weight is 468 g/mol. The summed E-state index contributed by atoms with van der Waals surface area (Å²) in [7, 11) is 0. The third-order valence-electron chi connectivity index (χ3n) is 5.21. The van der Waals surface area contributed by atoms with Crippen molar-refractivity contribution >= 4 is 23.8 Å². The maximum absolute atomic E-state index is 14.1. The molecule has 0 atom stereocenters. The molecule has 2 N–H and O–H groups in total. The minimum Gasteiger partial charge on any atom is -0.378 e. The molecule has 0 aliphatic carbocycles. The Morgan fingerprint density at radius 3 is 2.55 bits per heavy atom. The van der Waals surface area contributed by atoms with Gasteiger partial charge >= 0.3 is 6.18 Å². The highest BCUT2D eigenvalue weighted by atomic mass is 19.4. The molecule has 1 aromatic carbocycles. The van der Waals surface area contributed by atoms with E-state index in [2.05, 4.69) is 25.9 Å². The van der Waals surface area contributed by atoms with E-state index in [-0.39, 0.29) is 11.8 Å². The first-order valence-electron chi connectivity index (χ1n) is 10.5. The highest BCUT2D eigenvalue weighted by molar-refractivity contribution is 5.57. The molecule has 2 saturated heterocycles. The Balaban J connectivity index is 1.26. The summed E-state index contributed by atoms with van der Waals surface area (Å²) < 4.78 is 58.0. The number of nitrogens with one attached hydrogen (secondary N) is 2.